The highest BCUT2D eigenvalue weighted by molar-refractivity contribution is 7.45. The van der Waals surface area contributed by atoms with Crippen molar-refractivity contribution in [3.63, 3.8) is 0 Å². The number of phosphoric ester groups is 1. The van der Waals surface area contributed by atoms with Crippen molar-refractivity contribution < 1.29 is 37.3 Å². The summed E-state index contributed by atoms with van der Waals surface area (Å²) in [6.07, 6.45) is 70.8. The summed E-state index contributed by atoms with van der Waals surface area (Å²) >= 11 is 0. The number of nitrogens with one attached hydrogen (secondary N) is 1. The molecule has 0 aliphatic carbocycles. The second-order valence-electron chi connectivity index (χ2n) is 23.6. The Bertz CT molecular complexity index is 1460. The number of rotatable bonds is 60. The lowest BCUT2D eigenvalue weighted by Gasteiger charge is -2.30. The molecule has 9 nitrogen and oxygen atoms in total. The SMILES string of the molecule is CCCCC/C=C\C/C=C\CCCCCCCCCC(=O)OC(/C=C\CCCCCCCCCCC)C(COP(=O)([O-])OCC[N+](C)(C)C)NC(=O)CCCCCCCCCCCCCCC/C=C/CCCCCCCC. The maximum absolute atomic E-state index is 13.6. The average Bonchev–Trinajstić information content (AvgIpc) is 3.39. The number of carbonyl (C=O) groups is 2. The van der Waals surface area contributed by atoms with Crippen molar-refractivity contribution in [2.24, 2.45) is 0 Å². The smallest absolute Gasteiger partial charge is 0.306 e. The minimum Gasteiger partial charge on any atom is -0.756 e. The molecule has 0 rings (SSSR count). The van der Waals surface area contributed by atoms with Gasteiger partial charge in [0, 0.05) is 12.8 Å². The highest BCUT2D eigenvalue weighted by Crippen LogP contribution is 2.38. The third kappa shape index (κ3) is 58.4. The first-order valence-corrected chi connectivity index (χ1v) is 34.4. The first-order valence-electron chi connectivity index (χ1n) is 32.9. The summed E-state index contributed by atoms with van der Waals surface area (Å²) in [5, 5.41) is 3.03. The molecule has 3 unspecified atom stereocenters. The number of ether oxygens (including phenoxy) is 1. The van der Waals surface area contributed by atoms with Crippen molar-refractivity contribution in [1.82, 2.24) is 5.32 Å². The van der Waals surface area contributed by atoms with E-state index in [9.17, 15) is 19.0 Å². The first kappa shape index (κ1) is 75.0. The lowest BCUT2D eigenvalue weighted by molar-refractivity contribution is -0.870. The van der Waals surface area contributed by atoms with E-state index in [0.717, 1.165) is 77.0 Å². The predicted octanol–water partition coefficient (Wildman–Crippen LogP) is 19.8. The molecule has 0 saturated heterocycles. The molecule has 3 atom stereocenters. The van der Waals surface area contributed by atoms with E-state index in [1.165, 1.54) is 205 Å². The molecule has 0 spiro atoms. The Balaban J connectivity index is 5.10. The molecular formula is C67H127N2O7P. The lowest BCUT2D eigenvalue weighted by atomic mass is 10.0. The van der Waals surface area contributed by atoms with Crippen LogP contribution in [0.25, 0.3) is 0 Å². The molecule has 0 aromatic carbocycles. The highest BCUT2D eigenvalue weighted by atomic mass is 31.2. The summed E-state index contributed by atoms with van der Waals surface area (Å²) in [6, 6.07) is -0.890. The largest absolute Gasteiger partial charge is 0.756 e. The number of carbonyl (C=O) groups excluding carboxylic acids is 2. The average molecular weight is 1100 g/mol. The Kier molecular flexibility index (Phi) is 55.7. The number of quaternary nitrogens is 1. The van der Waals surface area contributed by atoms with Crippen molar-refractivity contribution in [1.29, 1.82) is 0 Å². The van der Waals surface area contributed by atoms with E-state index in [-0.39, 0.29) is 31.5 Å². The fraction of sp³-hybridized carbons (Fsp3) is 0.851. The molecule has 1 amide bonds. The summed E-state index contributed by atoms with van der Waals surface area (Å²) in [6.45, 7) is 6.84. The fourth-order valence-electron chi connectivity index (χ4n) is 9.61. The number of allylic oxidation sites excluding steroid dienone is 7. The van der Waals surface area contributed by atoms with E-state index >= 15 is 0 Å². The molecule has 0 radical (unpaired) electrons. The van der Waals surface area contributed by atoms with Gasteiger partial charge in [0.05, 0.1) is 33.8 Å². The van der Waals surface area contributed by atoms with E-state index in [1.807, 2.05) is 33.3 Å². The third-order valence-electron chi connectivity index (χ3n) is 14.7. The van der Waals surface area contributed by atoms with Gasteiger partial charge in [-0.2, -0.15) is 0 Å². The van der Waals surface area contributed by atoms with Crippen molar-refractivity contribution in [2.45, 2.75) is 328 Å². The minimum absolute atomic E-state index is 0.0229. The number of nitrogens with zero attached hydrogens (tertiary/aromatic N) is 1. The van der Waals surface area contributed by atoms with Gasteiger partial charge in [-0.15, -0.1) is 0 Å². The number of hydrogen-bond acceptors (Lipinski definition) is 7. The quantitative estimate of drug-likeness (QED) is 0.0212. The second kappa shape index (κ2) is 57.2. The zero-order chi connectivity index (χ0) is 56.4. The minimum atomic E-state index is -4.70. The van der Waals surface area contributed by atoms with E-state index in [2.05, 4.69) is 62.5 Å². The number of esters is 1. The summed E-state index contributed by atoms with van der Waals surface area (Å²) in [5.41, 5.74) is 0. The Morgan fingerprint density at radius 1 is 0.455 bits per heavy atom. The molecule has 10 heteroatoms. The summed E-state index contributed by atoms with van der Waals surface area (Å²) in [5.74, 6) is -0.540. The highest BCUT2D eigenvalue weighted by Gasteiger charge is 2.27. The van der Waals surface area contributed by atoms with Crippen LogP contribution in [0.3, 0.4) is 0 Å². The van der Waals surface area contributed by atoms with Crippen LogP contribution in [0.1, 0.15) is 316 Å². The van der Waals surface area contributed by atoms with Gasteiger partial charge in [0.25, 0.3) is 7.82 Å². The van der Waals surface area contributed by atoms with Crippen molar-refractivity contribution >= 4 is 19.7 Å². The third-order valence-corrected chi connectivity index (χ3v) is 15.7. The molecule has 0 bridgehead atoms. The number of likely N-dealkylation sites (N-methyl/N-ethyl adjacent to an activating group) is 1. The Morgan fingerprint density at radius 3 is 1.21 bits per heavy atom. The van der Waals surface area contributed by atoms with Crippen LogP contribution in [0.15, 0.2) is 48.6 Å². The molecule has 452 valence electrons. The Morgan fingerprint density at radius 2 is 0.792 bits per heavy atom. The van der Waals surface area contributed by atoms with Crippen LogP contribution in [0, 0.1) is 0 Å². The lowest BCUT2D eigenvalue weighted by Crippen LogP contribution is -2.47. The van der Waals surface area contributed by atoms with E-state index < -0.39 is 20.0 Å². The molecule has 0 aliphatic heterocycles. The van der Waals surface area contributed by atoms with E-state index in [0.29, 0.717) is 17.4 Å². The van der Waals surface area contributed by atoms with Crippen LogP contribution in [0.5, 0.6) is 0 Å². The van der Waals surface area contributed by atoms with Crippen LogP contribution in [0.2, 0.25) is 0 Å². The van der Waals surface area contributed by atoms with Crippen molar-refractivity contribution in [3.8, 4) is 0 Å². The van der Waals surface area contributed by atoms with Gasteiger partial charge in [-0.1, -0.05) is 262 Å². The zero-order valence-electron chi connectivity index (χ0n) is 51.7. The van der Waals surface area contributed by atoms with E-state index in [1.54, 1.807) is 0 Å². The molecule has 0 aromatic heterocycles. The Hall–Kier alpha value is -2.03. The van der Waals surface area contributed by atoms with Crippen molar-refractivity contribution in [3.05, 3.63) is 48.6 Å². The fourth-order valence-corrected chi connectivity index (χ4v) is 10.3. The van der Waals surface area contributed by atoms with Gasteiger partial charge in [0.2, 0.25) is 5.91 Å². The number of phosphoric acid groups is 1. The van der Waals surface area contributed by atoms with Gasteiger partial charge in [-0.3, -0.25) is 14.2 Å². The van der Waals surface area contributed by atoms with Crippen LogP contribution >= 0.6 is 7.82 Å². The molecule has 77 heavy (non-hydrogen) atoms. The summed E-state index contributed by atoms with van der Waals surface area (Å²) in [7, 11) is 1.19. The molecule has 1 N–H and O–H groups in total. The molecule has 0 aliphatic rings. The molecule has 0 fully saturated rings. The predicted molar refractivity (Wildman–Crippen MR) is 330 cm³/mol. The first-order chi connectivity index (χ1) is 37.4. The standard InChI is InChI=1S/C67H127N2O7P/c1-7-10-13-16-19-22-25-27-29-31-32-33-34-35-36-38-39-41-44-47-50-53-56-59-66(70)68-64(63-75-77(72,73)74-62-61-69(4,5)6)65(58-55-52-49-46-43-24-21-18-15-12-9-3)76-67(71)60-57-54-51-48-45-42-40-37-30-28-26-23-20-17-14-11-8-2/h20,23,27-30,55,58,64-65H,7-19,21-22,24-26,31-54,56-57,59-63H2,1-6H3,(H-,68,70,72,73)/b23-20-,29-27+,30-28-,58-55-. The number of hydrogen-bond donors (Lipinski definition) is 1. The van der Waals surface area contributed by atoms with Crippen LogP contribution < -0.4 is 10.2 Å². The molecular weight excluding hydrogens is 976 g/mol. The second-order valence-corrected chi connectivity index (χ2v) is 25.0. The van der Waals surface area contributed by atoms with Crippen LogP contribution in [0.4, 0.5) is 0 Å². The molecule has 0 saturated carbocycles. The zero-order valence-corrected chi connectivity index (χ0v) is 52.6. The normalized spacial score (nSPS) is 13.9. The van der Waals surface area contributed by atoms with Gasteiger partial charge in [-0.05, 0) is 89.5 Å². The number of unbranched alkanes of at least 4 members (excludes halogenated alkanes) is 38. The van der Waals surface area contributed by atoms with Gasteiger partial charge < -0.3 is 28.5 Å². The Labute approximate surface area is 478 Å². The van der Waals surface area contributed by atoms with Gasteiger partial charge in [-0.25, -0.2) is 0 Å². The summed E-state index contributed by atoms with van der Waals surface area (Å²) in [4.78, 5) is 40.0. The van der Waals surface area contributed by atoms with E-state index in [4.69, 9.17) is 13.8 Å². The molecule has 0 aromatic rings. The van der Waals surface area contributed by atoms with Crippen LogP contribution in [-0.2, 0) is 27.9 Å². The maximum Gasteiger partial charge on any atom is 0.306 e. The van der Waals surface area contributed by atoms with Crippen molar-refractivity contribution in [2.75, 3.05) is 40.9 Å². The van der Waals surface area contributed by atoms with Crippen LogP contribution in [-0.4, -0.2) is 69.4 Å². The van der Waals surface area contributed by atoms with Gasteiger partial charge in [0.15, 0.2) is 0 Å². The maximum atomic E-state index is 13.6. The number of amides is 1. The topological polar surface area (TPSA) is 114 Å². The molecule has 0 heterocycles. The van der Waals surface area contributed by atoms with Gasteiger partial charge in [0.1, 0.15) is 19.3 Å². The van der Waals surface area contributed by atoms with Gasteiger partial charge >= 0.3 is 5.97 Å². The monoisotopic (exact) mass is 1100 g/mol. The summed E-state index contributed by atoms with van der Waals surface area (Å²) < 4.78 is 30.3.